The standard InChI is InChI=1S/C19H20BrN3O2/c1-19(2,25-11-10-21)13-8-6-12(7-9-13)17-22-16-14(18(24)23-17)4-3-5-15(16)20/h3-9H,10-11,21H2,1-2H3,(H,22,23,24). The fourth-order valence-corrected chi connectivity index (χ4v) is 3.15. The molecule has 5 nitrogen and oxygen atoms in total. The number of para-hydroxylation sites is 1. The van der Waals surface area contributed by atoms with Crippen LogP contribution in [-0.2, 0) is 10.3 Å². The van der Waals surface area contributed by atoms with Gasteiger partial charge in [-0.2, -0.15) is 0 Å². The molecule has 1 aromatic heterocycles. The lowest BCUT2D eigenvalue weighted by Gasteiger charge is -2.25. The van der Waals surface area contributed by atoms with E-state index in [4.69, 9.17) is 10.5 Å². The average molecular weight is 402 g/mol. The summed E-state index contributed by atoms with van der Waals surface area (Å²) in [7, 11) is 0. The zero-order chi connectivity index (χ0) is 18.0. The van der Waals surface area contributed by atoms with E-state index < -0.39 is 5.60 Å². The Bertz CT molecular complexity index is 949. The molecule has 0 aliphatic heterocycles. The van der Waals surface area contributed by atoms with Crippen LogP contribution in [0, 0.1) is 0 Å². The highest BCUT2D eigenvalue weighted by Crippen LogP contribution is 2.27. The van der Waals surface area contributed by atoms with Gasteiger partial charge in [-0.1, -0.05) is 30.3 Å². The molecule has 3 N–H and O–H groups in total. The number of hydrogen-bond acceptors (Lipinski definition) is 4. The summed E-state index contributed by atoms with van der Waals surface area (Å²) in [6.07, 6.45) is 0. The number of ether oxygens (including phenoxy) is 1. The molecular formula is C19H20BrN3O2. The molecule has 1 heterocycles. The van der Waals surface area contributed by atoms with Crippen LogP contribution in [-0.4, -0.2) is 23.1 Å². The molecule has 0 aliphatic rings. The predicted molar refractivity (Wildman–Crippen MR) is 104 cm³/mol. The first kappa shape index (κ1) is 17.8. The van der Waals surface area contributed by atoms with Crippen LogP contribution in [0.15, 0.2) is 51.7 Å². The van der Waals surface area contributed by atoms with Crippen molar-refractivity contribution in [3.63, 3.8) is 0 Å². The molecule has 0 fully saturated rings. The van der Waals surface area contributed by atoms with Crippen molar-refractivity contribution in [1.29, 1.82) is 0 Å². The molecule has 0 saturated carbocycles. The van der Waals surface area contributed by atoms with Crippen LogP contribution < -0.4 is 11.3 Å². The number of benzene rings is 2. The van der Waals surface area contributed by atoms with Crippen LogP contribution in [0.5, 0.6) is 0 Å². The lowest BCUT2D eigenvalue weighted by molar-refractivity contribution is -0.0171. The summed E-state index contributed by atoms with van der Waals surface area (Å²) in [5, 5.41) is 0.561. The number of fused-ring (bicyclic) bond motifs is 1. The number of hydrogen-bond donors (Lipinski definition) is 2. The molecule has 0 spiro atoms. The summed E-state index contributed by atoms with van der Waals surface area (Å²) in [4.78, 5) is 19.8. The normalized spacial score (nSPS) is 11.8. The number of nitrogens with zero attached hydrogens (tertiary/aromatic N) is 1. The first-order chi connectivity index (χ1) is 11.9. The van der Waals surface area contributed by atoms with Crippen molar-refractivity contribution in [2.45, 2.75) is 19.4 Å². The van der Waals surface area contributed by atoms with Crippen molar-refractivity contribution < 1.29 is 4.74 Å². The van der Waals surface area contributed by atoms with E-state index in [-0.39, 0.29) is 5.56 Å². The lowest BCUT2D eigenvalue weighted by Crippen LogP contribution is -2.25. The fraction of sp³-hybridized carbons (Fsp3) is 0.263. The molecule has 0 unspecified atom stereocenters. The van der Waals surface area contributed by atoms with Gasteiger partial charge in [0, 0.05) is 16.6 Å². The Morgan fingerprint density at radius 3 is 2.60 bits per heavy atom. The highest BCUT2D eigenvalue weighted by Gasteiger charge is 2.21. The maximum Gasteiger partial charge on any atom is 0.259 e. The quantitative estimate of drug-likeness (QED) is 0.684. The summed E-state index contributed by atoms with van der Waals surface area (Å²) < 4.78 is 6.59. The van der Waals surface area contributed by atoms with E-state index >= 15 is 0 Å². The predicted octanol–water partition coefficient (Wildman–Crippen LogP) is 3.56. The van der Waals surface area contributed by atoms with Gasteiger partial charge < -0.3 is 15.5 Å². The molecular weight excluding hydrogens is 382 g/mol. The van der Waals surface area contributed by atoms with Gasteiger partial charge in [-0.15, -0.1) is 0 Å². The van der Waals surface area contributed by atoms with Gasteiger partial charge in [-0.05, 0) is 47.5 Å². The van der Waals surface area contributed by atoms with Crippen molar-refractivity contribution in [1.82, 2.24) is 9.97 Å². The second-order valence-corrected chi connectivity index (χ2v) is 7.13. The monoisotopic (exact) mass is 401 g/mol. The minimum absolute atomic E-state index is 0.156. The number of rotatable bonds is 5. The third kappa shape index (κ3) is 3.66. The van der Waals surface area contributed by atoms with Crippen molar-refractivity contribution in [3.8, 4) is 11.4 Å². The third-order valence-corrected chi connectivity index (χ3v) is 4.76. The third-order valence-electron chi connectivity index (χ3n) is 4.12. The number of aromatic nitrogens is 2. The SMILES string of the molecule is CC(C)(OCCN)c1ccc(-c2nc3c(Br)cccc3c(=O)[nH]2)cc1. The summed E-state index contributed by atoms with van der Waals surface area (Å²) >= 11 is 3.46. The van der Waals surface area contributed by atoms with Crippen LogP contribution in [0.25, 0.3) is 22.3 Å². The largest absolute Gasteiger partial charge is 0.370 e. The van der Waals surface area contributed by atoms with Gasteiger partial charge in [0.05, 0.1) is 23.1 Å². The van der Waals surface area contributed by atoms with E-state index in [1.54, 1.807) is 6.07 Å². The highest BCUT2D eigenvalue weighted by atomic mass is 79.9. The molecule has 3 rings (SSSR count). The van der Waals surface area contributed by atoms with E-state index in [2.05, 4.69) is 25.9 Å². The van der Waals surface area contributed by atoms with Crippen LogP contribution in [0.2, 0.25) is 0 Å². The number of halogens is 1. The van der Waals surface area contributed by atoms with E-state index in [0.29, 0.717) is 29.9 Å². The van der Waals surface area contributed by atoms with Crippen LogP contribution in [0.4, 0.5) is 0 Å². The maximum absolute atomic E-state index is 12.3. The van der Waals surface area contributed by atoms with Crippen LogP contribution in [0.1, 0.15) is 19.4 Å². The molecule has 0 bridgehead atoms. The van der Waals surface area contributed by atoms with Crippen molar-refractivity contribution in [3.05, 3.63) is 62.9 Å². The van der Waals surface area contributed by atoms with Gasteiger partial charge in [0.15, 0.2) is 0 Å². The van der Waals surface area contributed by atoms with Gasteiger partial charge >= 0.3 is 0 Å². The van der Waals surface area contributed by atoms with E-state index in [0.717, 1.165) is 15.6 Å². The van der Waals surface area contributed by atoms with E-state index in [1.165, 1.54) is 0 Å². The van der Waals surface area contributed by atoms with Gasteiger partial charge in [-0.3, -0.25) is 4.79 Å². The van der Waals surface area contributed by atoms with Gasteiger partial charge in [0.25, 0.3) is 5.56 Å². The maximum atomic E-state index is 12.3. The van der Waals surface area contributed by atoms with Crippen LogP contribution >= 0.6 is 15.9 Å². The minimum Gasteiger partial charge on any atom is -0.370 e. The second-order valence-electron chi connectivity index (χ2n) is 6.28. The van der Waals surface area contributed by atoms with E-state index in [1.807, 2.05) is 50.2 Å². The van der Waals surface area contributed by atoms with Gasteiger partial charge in [0.1, 0.15) is 5.82 Å². The molecule has 6 heteroatoms. The molecule has 0 amide bonds. The Hall–Kier alpha value is -2.02. The Morgan fingerprint density at radius 1 is 1.20 bits per heavy atom. The van der Waals surface area contributed by atoms with Crippen molar-refractivity contribution >= 4 is 26.8 Å². The molecule has 2 aromatic carbocycles. The summed E-state index contributed by atoms with van der Waals surface area (Å²) in [5.74, 6) is 0.539. The summed E-state index contributed by atoms with van der Waals surface area (Å²) in [5.41, 5.74) is 7.46. The molecule has 130 valence electrons. The minimum atomic E-state index is -0.425. The van der Waals surface area contributed by atoms with E-state index in [9.17, 15) is 4.79 Å². The van der Waals surface area contributed by atoms with Crippen molar-refractivity contribution in [2.75, 3.05) is 13.2 Å². The molecule has 25 heavy (non-hydrogen) atoms. The number of nitrogens with one attached hydrogen (secondary N) is 1. The zero-order valence-corrected chi connectivity index (χ0v) is 15.8. The molecule has 3 aromatic rings. The molecule has 0 saturated heterocycles. The average Bonchev–Trinajstić information content (AvgIpc) is 2.61. The lowest BCUT2D eigenvalue weighted by atomic mass is 9.96. The van der Waals surface area contributed by atoms with Gasteiger partial charge in [-0.25, -0.2) is 4.98 Å². The Morgan fingerprint density at radius 2 is 1.92 bits per heavy atom. The second kappa shape index (κ2) is 7.07. The zero-order valence-electron chi connectivity index (χ0n) is 14.2. The number of aromatic amines is 1. The topological polar surface area (TPSA) is 81.0 Å². The van der Waals surface area contributed by atoms with Gasteiger partial charge in [0.2, 0.25) is 0 Å². The Balaban J connectivity index is 1.99. The Kier molecular flexibility index (Phi) is 5.03. The molecule has 0 aliphatic carbocycles. The number of H-pyrrole nitrogens is 1. The van der Waals surface area contributed by atoms with Crippen molar-refractivity contribution in [2.24, 2.45) is 5.73 Å². The van der Waals surface area contributed by atoms with Crippen LogP contribution in [0.3, 0.4) is 0 Å². The first-order valence-corrected chi connectivity index (χ1v) is 8.85. The highest BCUT2D eigenvalue weighted by molar-refractivity contribution is 9.10. The number of nitrogens with two attached hydrogens (primary N) is 1. The molecule has 0 atom stereocenters. The summed E-state index contributed by atoms with van der Waals surface area (Å²) in [6, 6.07) is 13.3. The fourth-order valence-electron chi connectivity index (χ4n) is 2.69. The molecule has 0 radical (unpaired) electrons. The summed E-state index contributed by atoms with van der Waals surface area (Å²) in [6.45, 7) is 5.00. The Labute approximate surface area is 154 Å². The smallest absolute Gasteiger partial charge is 0.259 e. The first-order valence-electron chi connectivity index (χ1n) is 8.06.